The van der Waals surface area contributed by atoms with Crippen LogP contribution in [0.2, 0.25) is 0 Å². The molecular weight excluding hydrogens is 176 g/mol. The van der Waals surface area contributed by atoms with Crippen LogP contribution in [0.4, 0.5) is 0 Å². The zero-order chi connectivity index (χ0) is 10.3. The smallest absolute Gasteiger partial charge is 0.331 e. The molecule has 0 rings (SSSR count). The van der Waals surface area contributed by atoms with E-state index >= 15 is 0 Å². The van der Waals surface area contributed by atoms with Crippen molar-refractivity contribution in [3.05, 3.63) is 12.2 Å². The van der Waals surface area contributed by atoms with Crippen LogP contribution in [0.25, 0.3) is 0 Å². The summed E-state index contributed by atoms with van der Waals surface area (Å²) in [5, 5.41) is 8.18. The highest BCUT2D eigenvalue weighted by atomic mass is 16.6. The Morgan fingerprint density at radius 1 is 1.46 bits per heavy atom. The second kappa shape index (κ2) is 6.19. The van der Waals surface area contributed by atoms with Gasteiger partial charge in [0.1, 0.15) is 6.10 Å². The number of rotatable bonds is 5. The SMILES string of the molecule is COCC(C)OC(=O)/C=C\C(=O)O. The largest absolute Gasteiger partial charge is 0.478 e. The molecule has 13 heavy (non-hydrogen) atoms. The Kier molecular flexibility index (Phi) is 5.54. The first kappa shape index (κ1) is 11.6. The fourth-order valence-electron chi connectivity index (χ4n) is 0.646. The van der Waals surface area contributed by atoms with E-state index in [1.54, 1.807) is 6.92 Å². The molecule has 0 amide bonds. The predicted molar refractivity (Wildman–Crippen MR) is 44.2 cm³/mol. The van der Waals surface area contributed by atoms with Gasteiger partial charge in [0.2, 0.25) is 0 Å². The van der Waals surface area contributed by atoms with E-state index in [2.05, 4.69) is 0 Å². The number of methoxy groups -OCH3 is 1. The van der Waals surface area contributed by atoms with Crippen LogP contribution in [-0.4, -0.2) is 36.9 Å². The van der Waals surface area contributed by atoms with Gasteiger partial charge in [0.15, 0.2) is 0 Å². The molecule has 1 unspecified atom stereocenters. The average molecular weight is 188 g/mol. The molecule has 0 aliphatic rings. The van der Waals surface area contributed by atoms with Crippen molar-refractivity contribution in [1.82, 2.24) is 0 Å². The molecule has 5 nitrogen and oxygen atoms in total. The summed E-state index contributed by atoms with van der Waals surface area (Å²) in [4.78, 5) is 20.8. The van der Waals surface area contributed by atoms with Gasteiger partial charge in [-0.05, 0) is 6.92 Å². The lowest BCUT2D eigenvalue weighted by Crippen LogP contribution is -2.18. The second-order valence-electron chi connectivity index (χ2n) is 2.37. The van der Waals surface area contributed by atoms with Gasteiger partial charge in [0.05, 0.1) is 6.61 Å². The van der Waals surface area contributed by atoms with Crippen LogP contribution in [0.5, 0.6) is 0 Å². The summed E-state index contributed by atoms with van der Waals surface area (Å²) in [6.45, 7) is 1.93. The lowest BCUT2D eigenvalue weighted by molar-refractivity contribution is -0.144. The summed E-state index contributed by atoms with van der Waals surface area (Å²) in [5.74, 6) is -1.87. The third-order valence-corrected chi connectivity index (χ3v) is 1.08. The highest BCUT2D eigenvalue weighted by molar-refractivity contribution is 5.90. The number of carbonyl (C=O) groups is 2. The molecule has 0 saturated heterocycles. The second-order valence-corrected chi connectivity index (χ2v) is 2.37. The average Bonchev–Trinajstić information content (AvgIpc) is 2.01. The van der Waals surface area contributed by atoms with Gasteiger partial charge in [-0.25, -0.2) is 9.59 Å². The standard InChI is InChI=1S/C8H12O5/c1-6(5-12-2)13-8(11)4-3-7(9)10/h3-4,6H,5H2,1-2H3,(H,9,10)/b4-3-. The van der Waals surface area contributed by atoms with Crippen molar-refractivity contribution < 1.29 is 24.2 Å². The summed E-state index contributed by atoms with van der Waals surface area (Å²) in [7, 11) is 1.48. The molecule has 1 atom stereocenters. The molecule has 5 heteroatoms. The lowest BCUT2D eigenvalue weighted by atomic mass is 10.4. The van der Waals surface area contributed by atoms with E-state index in [1.807, 2.05) is 0 Å². The van der Waals surface area contributed by atoms with Crippen LogP contribution in [0, 0.1) is 0 Å². The maximum Gasteiger partial charge on any atom is 0.331 e. The van der Waals surface area contributed by atoms with E-state index < -0.39 is 11.9 Å². The van der Waals surface area contributed by atoms with E-state index in [-0.39, 0.29) is 12.7 Å². The Hall–Kier alpha value is -1.36. The molecule has 0 bridgehead atoms. The fraction of sp³-hybridized carbons (Fsp3) is 0.500. The molecule has 1 N–H and O–H groups in total. The van der Waals surface area contributed by atoms with Gasteiger partial charge in [-0.15, -0.1) is 0 Å². The quantitative estimate of drug-likeness (QED) is 0.493. The molecule has 0 aliphatic heterocycles. The Morgan fingerprint density at radius 2 is 2.08 bits per heavy atom. The number of ether oxygens (including phenoxy) is 2. The molecule has 0 saturated carbocycles. The highest BCUT2D eigenvalue weighted by Gasteiger charge is 2.05. The van der Waals surface area contributed by atoms with Crippen molar-refractivity contribution in [3.63, 3.8) is 0 Å². The van der Waals surface area contributed by atoms with Crippen LogP contribution in [-0.2, 0) is 19.1 Å². The van der Waals surface area contributed by atoms with Crippen molar-refractivity contribution >= 4 is 11.9 Å². The van der Waals surface area contributed by atoms with Gasteiger partial charge in [-0.3, -0.25) is 0 Å². The first-order valence-corrected chi connectivity index (χ1v) is 3.66. The summed E-state index contributed by atoms with van der Waals surface area (Å²) >= 11 is 0. The van der Waals surface area contributed by atoms with Crippen molar-refractivity contribution in [2.24, 2.45) is 0 Å². The minimum atomic E-state index is -1.18. The zero-order valence-electron chi connectivity index (χ0n) is 7.52. The summed E-state index contributed by atoms with van der Waals surface area (Å²) in [6, 6.07) is 0. The number of hydrogen-bond donors (Lipinski definition) is 1. The van der Waals surface area contributed by atoms with Gasteiger partial charge in [-0.1, -0.05) is 0 Å². The molecule has 0 heterocycles. The summed E-state index contributed by atoms with van der Waals surface area (Å²) in [5.41, 5.74) is 0. The number of hydrogen-bond acceptors (Lipinski definition) is 4. The molecule has 0 spiro atoms. The molecule has 0 aromatic rings. The number of carbonyl (C=O) groups excluding carboxylic acids is 1. The number of carboxylic acids is 1. The third kappa shape index (κ3) is 7.02. The van der Waals surface area contributed by atoms with Gasteiger partial charge in [0.25, 0.3) is 0 Å². The number of aliphatic carboxylic acids is 1. The highest BCUT2D eigenvalue weighted by Crippen LogP contribution is 1.92. The summed E-state index contributed by atoms with van der Waals surface area (Å²) < 4.78 is 9.44. The Bertz CT molecular complexity index is 209. The van der Waals surface area contributed by atoms with Crippen molar-refractivity contribution in [1.29, 1.82) is 0 Å². The van der Waals surface area contributed by atoms with E-state index in [0.717, 1.165) is 12.2 Å². The predicted octanol–water partition coefficient (Wildman–Crippen LogP) is 0.205. The molecule has 0 aromatic heterocycles. The number of carboxylic acid groups (broad SMARTS) is 1. The minimum Gasteiger partial charge on any atom is -0.478 e. The van der Waals surface area contributed by atoms with E-state index in [0.29, 0.717) is 0 Å². The molecule has 0 aliphatic carbocycles. The summed E-state index contributed by atoms with van der Waals surface area (Å²) in [6.07, 6.45) is 1.20. The number of esters is 1. The van der Waals surface area contributed by atoms with E-state index in [4.69, 9.17) is 14.6 Å². The van der Waals surface area contributed by atoms with Crippen LogP contribution in [0.1, 0.15) is 6.92 Å². The van der Waals surface area contributed by atoms with Crippen molar-refractivity contribution in [2.75, 3.05) is 13.7 Å². The first-order valence-electron chi connectivity index (χ1n) is 3.66. The molecule has 0 fully saturated rings. The lowest BCUT2D eigenvalue weighted by Gasteiger charge is -2.09. The van der Waals surface area contributed by atoms with Gasteiger partial charge < -0.3 is 14.6 Å². The third-order valence-electron chi connectivity index (χ3n) is 1.08. The molecular formula is C8H12O5. The van der Waals surface area contributed by atoms with E-state index in [1.165, 1.54) is 7.11 Å². The van der Waals surface area contributed by atoms with Crippen molar-refractivity contribution in [2.45, 2.75) is 13.0 Å². The van der Waals surface area contributed by atoms with Crippen LogP contribution >= 0.6 is 0 Å². The topological polar surface area (TPSA) is 72.8 Å². The Morgan fingerprint density at radius 3 is 2.54 bits per heavy atom. The monoisotopic (exact) mass is 188 g/mol. The molecule has 0 radical (unpaired) electrons. The van der Waals surface area contributed by atoms with Gasteiger partial charge in [0, 0.05) is 19.3 Å². The normalized spacial score (nSPS) is 12.8. The van der Waals surface area contributed by atoms with Crippen LogP contribution in [0.15, 0.2) is 12.2 Å². The van der Waals surface area contributed by atoms with Crippen LogP contribution in [0.3, 0.4) is 0 Å². The van der Waals surface area contributed by atoms with Crippen molar-refractivity contribution in [3.8, 4) is 0 Å². The first-order chi connectivity index (χ1) is 6.06. The Balaban J connectivity index is 3.80. The fourth-order valence-corrected chi connectivity index (χ4v) is 0.646. The maximum atomic E-state index is 10.8. The van der Waals surface area contributed by atoms with E-state index in [9.17, 15) is 9.59 Å². The minimum absolute atomic E-state index is 0.284. The Labute approximate surface area is 75.9 Å². The van der Waals surface area contributed by atoms with Crippen LogP contribution < -0.4 is 0 Å². The zero-order valence-corrected chi connectivity index (χ0v) is 7.52. The van der Waals surface area contributed by atoms with Gasteiger partial charge >= 0.3 is 11.9 Å². The van der Waals surface area contributed by atoms with Gasteiger partial charge in [-0.2, -0.15) is 0 Å². The molecule has 0 aromatic carbocycles. The maximum absolute atomic E-state index is 10.8. The molecule has 74 valence electrons.